The van der Waals surface area contributed by atoms with Gasteiger partial charge < -0.3 is 5.73 Å². The average molecular weight is 158 g/mol. The van der Waals surface area contributed by atoms with E-state index in [-0.39, 0.29) is 23.7 Å². The molecule has 0 saturated carbocycles. The third-order valence-electron chi connectivity index (χ3n) is 0.913. The van der Waals surface area contributed by atoms with Crippen molar-refractivity contribution >= 4 is 18.2 Å². The first kappa shape index (κ1) is 6.89. The Bertz CT molecular complexity index is 275. The molecule has 0 saturated heterocycles. The molecule has 0 unspecified atom stereocenters. The molecule has 0 aliphatic rings. The lowest BCUT2D eigenvalue weighted by Gasteiger charge is -1.82. The highest BCUT2D eigenvalue weighted by Crippen LogP contribution is 2.12. The summed E-state index contributed by atoms with van der Waals surface area (Å²) in [6.45, 7) is 0. The van der Waals surface area contributed by atoms with E-state index in [0.717, 1.165) is 4.09 Å². The molecule has 0 amide bonds. The lowest BCUT2D eigenvalue weighted by Crippen LogP contribution is -1.88. The van der Waals surface area contributed by atoms with Crippen molar-refractivity contribution in [3.05, 3.63) is 11.8 Å². The van der Waals surface area contributed by atoms with Gasteiger partial charge in [-0.3, -0.25) is 0 Å². The first-order valence-corrected chi connectivity index (χ1v) is 2.99. The molecule has 0 radical (unpaired) electrons. The van der Waals surface area contributed by atoms with Gasteiger partial charge in [-0.05, 0) is 0 Å². The van der Waals surface area contributed by atoms with Gasteiger partial charge in [0.1, 0.15) is 11.6 Å². The smallest absolute Gasteiger partial charge is 0.187 e. The first-order chi connectivity index (χ1) is 4.77. The third kappa shape index (κ3) is 1.04. The van der Waals surface area contributed by atoms with E-state index in [4.69, 9.17) is 11.0 Å². The number of rotatable bonds is 1. The number of hydrogen-bond donors (Lipinski definition) is 1. The van der Waals surface area contributed by atoms with Crippen LogP contribution in [0.15, 0.2) is 6.20 Å². The molecule has 0 aliphatic heterocycles. The predicted molar refractivity (Wildman–Crippen MR) is 35.5 cm³/mol. The highest BCUT2D eigenvalue weighted by atomic mass is 32.2. The SMILES string of the molecule is N#Cc1cn(SF)nc1N. The van der Waals surface area contributed by atoms with Crippen molar-refractivity contribution < 1.29 is 3.89 Å². The lowest BCUT2D eigenvalue weighted by molar-refractivity contribution is 0.880. The highest BCUT2D eigenvalue weighted by Gasteiger charge is 2.03. The van der Waals surface area contributed by atoms with Crippen molar-refractivity contribution in [1.82, 2.24) is 9.19 Å². The summed E-state index contributed by atoms with van der Waals surface area (Å²) >= 11 is -0.106. The summed E-state index contributed by atoms with van der Waals surface area (Å²) in [5, 5.41) is 11.8. The third-order valence-corrected chi connectivity index (χ3v) is 1.24. The molecule has 2 N–H and O–H groups in total. The van der Waals surface area contributed by atoms with E-state index in [2.05, 4.69) is 5.10 Å². The summed E-state index contributed by atoms with van der Waals surface area (Å²) in [6, 6.07) is 1.76. The summed E-state index contributed by atoms with van der Waals surface area (Å²) in [4.78, 5) is 0. The standard InChI is InChI=1S/C4H3FN4S/c5-10-9-2-3(1-6)4(7)8-9/h2H,(H2,7,8). The zero-order valence-electron chi connectivity index (χ0n) is 4.78. The molecule has 0 aliphatic carbocycles. The van der Waals surface area contributed by atoms with Crippen LogP contribution in [0.2, 0.25) is 0 Å². The van der Waals surface area contributed by atoms with Crippen molar-refractivity contribution in [2.75, 3.05) is 5.73 Å². The summed E-state index contributed by atoms with van der Waals surface area (Å²) in [6.07, 6.45) is 1.22. The van der Waals surface area contributed by atoms with Gasteiger partial charge in [-0.25, -0.2) is 0 Å². The molecule has 0 fully saturated rings. The van der Waals surface area contributed by atoms with Gasteiger partial charge in [0, 0.05) is 0 Å². The Balaban J connectivity index is 3.07. The second kappa shape index (κ2) is 2.58. The molecule has 1 aromatic rings. The van der Waals surface area contributed by atoms with Crippen LogP contribution in [0.5, 0.6) is 0 Å². The normalized spacial score (nSPS) is 9.20. The lowest BCUT2D eigenvalue weighted by atomic mass is 10.4. The molecule has 0 bridgehead atoms. The minimum absolute atomic E-state index is 0.0488. The van der Waals surface area contributed by atoms with Crippen molar-refractivity contribution in [2.45, 2.75) is 0 Å². The summed E-state index contributed by atoms with van der Waals surface area (Å²) in [5.41, 5.74) is 5.38. The molecule has 4 nitrogen and oxygen atoms in total. The van der Waals surface area contributed by atoms with Crippen LogP contribution in [0.4, 0.5) is 9.70 Å². The van der Waals surface area contributed by atoms with Gasteiger partial charge in [0.05, 0.1) is 6.20 Å². The molecule has 6 heteroatoms. The number of nitrogens with zero attached hydrogens (tertiary/aromatic N) is 3. The first-order valence-electron chi connectivity index (χ1n) is 2.32. The maximum atomic E-state index is 11.7. The van der Waals surface area contributed by atoms with E-state index in [9.17, 15) is 3.89 Å². The number of halogens is 1. The Morgan fingerprint density at radius 1 is 1.90 bits per heavy atom. The van der Waals surface area contributed by atoms with E-state index >= 15 is 0 Å². The van der Waals surface area contributed by atoms with Crippen LogP contribution in [0.3, 0.4) is 0 Å². The minimum atomic E-state index is -0.106. The summed E-state index contributed by atoms with van der Waals surface area (Å²) in [7, 11) is 0. The fraction of sp³-hybridized carbons (Fsp3) is 0. The number of nitrogen functional groups attached to an aromatic ring is 1. The number of nitriles is 1. The molecular formula is C4H3FN4S. The Morgan fingerprint density at radius 3 is 2.90 bits per heavy atom. The van der Waals surface area contributed by atoms with Crippen LogP contribution in [0, 0.1) is 11.3 Å². The van der Waals surface area contributed by atoms with Crippen molar-refractivity contribution in [1.29, 1.82) is 5.26 Å². The second-order valence-electron chi connectivity index (χ2n) is 1.51. The van der Waals surface area contributed by atoms with Gasteiger partial charge in [0.2, 0.25) is 0 Å². The van der Waals surface area contributed by atoms with Crippen molar-refractivity contribution in [3.8, 4) is 6.07 Å². The molecule has 0 spiro atoms. The molecule has 1 heterocycles. The summed E-state index contributed by atoms with van der Waals surface area (Å²) < 4.78 is 12.6. The average Bonchev–Trinajstić information content (AvgIpc) is 2.30. The van der Waals surface area contributed by atoms with Crippen LogP contribution in [0.25, 0.3) is 0 Å². The van der Waals surface area contributed by atoms with E-state index in [1.165, 1.54) is 6.20 Å². The molecular weight excluding hydrogens is 155 g/mol. The van der Waals surface area contributed by atoms with E-state index < -0.39 is 0 Å². The fourth-order valence-corrected chi connectivity index (χ4v) is 0.751. The van der Waals surface area contributed by atoms with Crippen LogP contribution < -0.4 is 5.73 Å². The Morgan fingerprint density at radius 2 is 2.60 bits per heavy atom. The molecule has 1 rings (SSSR count). The van der Waals surface area contributed by atoms with Gasteiger partial charge >= 0.3 is 0 Å². The second-order valence-corrected chi connectivity index (χ2v) is 2.02. The molecule has 1 aromatic heterocycles. The van der Waals surface area contributed by atoms with Gasteiger partial charge in [0.15, 0.2) is 18.2 Å². The predicted octanol–water partition coefficient (Wildman–Crippen LogP) is 0.718. The van der Waals surface area contributed by atoms with Gasteiger partial charge in [-0.1, -0.05) is 0 Å². The van der Waals surface area contributed by atoms with E-state index in [1.54, 1.807) is 6.07 Å². The topological polar surface area (TPSA) is 67.6 Å². The zero-order valence-corrected chi connectivity index (χ0v) is 5.60. The van der Waals surface area contributed by atoms with Crippen LogP contribution >= 0.6 is 12.3 Å². The molecule has 0 aromatic carbocycles. The monoisotopic (exact) mass is 158 g/mol. The number of aromatic nitrogens is 2. The molecule has 52 valence electrons. The van der Waals surface area contributed by atoms with Crippen LogP contribution in [-0.2, 0) is 0 Å². The van der Waals surface area contributed by atoms with Gasteiger partial charge in [0.25, 0.3) is 0 Å². The Hall–Kier alpha value is -1.22. The largest absolute Gasteiger partial charge is 0.381 e. The van der Waals surface area contributed by atoms with Crippen molar-refractivity contribution in [3.63, 3.8) is 0 Å². The number of nitrogens with two attached hydrogens (primary N) is 1. The maximum Gasteiger partial charge on any atom is 0.187 e. The minimum Gasteiger partial charge on any atom is -0.381 e. The van der Waals surface area contributed by atoms with E-state index in [1.807, 2.05) is 0 Å². The molecule has 10 heavy (non-hydrogen) atoms. The van der Waals surface area contributed by atoms with Crippen LogP contribution in [0.1, 0.15) is 5.56 Å². The van der Waals surface area contributed by atoms with Crippen molar-refractivity contribution in [2.24, 2.45) is 0 Å². The highest BCUT2D eigenvalue weighted by molar-refractivity contribution is 7.92. The Labute approximate surface area is 60.9 Å². The summed E-state index contributed by atoms with van der Waals surface area (Å²) in [5.74, 6) is 0.0488. The fourth-order valence-electron chi connectivity index (χ4n) is 0.487. The number of hydrogen-bond acceptors (Lipinski definition) is 4. The Kier molecular flexibility index (Phi) is 1.78. The quantitative estimate of drug-likeness (QED) is 0.653. The van der Waals surface area contributed by atoms with E-state index in [0.29, 0.717) is 0 Å². The maximum absolute atomic E-state index is 11.7. The zero-order chi connectivity index (χ0) is 7.56. The molecule has 0 atom stereocenters. The van der Waals surface area contributed by atoms with Crippen LogP contribution in [-0.4, -0.2) is 9.19 Å². The van der Waals surface area contributed by atoms with Gasteiger partial charge in [-0.2, -0.15) is 9.35 Å². The number of anilines is 1. The van der Waals surface area contributed by atoms with Gasteiger partial charge in [-0.15, -0.1) is 8.98 Å².